The first-order chi connectivity index (χ1) is 9.13. The quantitative estimate of drug-likeness (QED) is 0.656. The van der Waals surface area contributed by atoms with Crippen molar-refractivity contribution in [3.05, 3.63) is 29.6 Å². The highest BCUT2D eigenvalue weighted by molar-refractivity contribution is 5.95. The van der Waals surface area contributed by atoms with Crippen LogP contribution in [0.4, 0.5) is 14.9 Å². The second kappa shape index (κ2) is 5.55. The molecule has 0 aliphatic rings. The molecule has 1 aromatic carbocycles. The first kappa shape index (κ1) is 15.4. The van der Waals surface area contributed by atoms with Gasteiger partial charge in [0, 0.05) is 5.69 Å². The molecule has 0 radical (unpaired) electrons. The highest BCUT2D eigenvalue weighted by Gasteiger charge is 2.26. The van der Waals surface area contributed by atoms with Crippen LogP contribution in [-0.2, 0) is 4.79 Å². The van der Waals surface area contributed by atoms with E-state index in [-0.39, 0.29) is 5.69 Å². The number of aromatic carboxylic acids is 1. The molecule has 0 spiro atoms. The lowest BCUT2D eigenvalue weighted by Gasteiger charge is -2.22. The molecule has 108 valence electrons. The van der Waals surface area contributed by atoms with E-state index in [9.17, 15) is 18.8 Å². The van der Waals surface area contributed by atoms with Crippen molar-refractivity contribution < 1.29 is 23.9 Å². The van der Waals surface area contributed by atoms with Gasteiger partial charge in [0.1, 0.15) is 11.4 Å². The third-order valence-electron chi connectivity index (χ3n) is 2.50. The minimum Gasteiger partial charge on any atom is -0.478 e. The SMILES string of the molecule is CC(C)(NC(=O)Nc1ccc(C(=O)O)c(F)c1)C(N)=O. The number of nitrogens with two attached hydrogens (primary N) is 1. The molecule has 0 saturated heterocycles. The van der Waals surface area contributed by atoms with E-state index in [1.807, 2.05) is 0 Å². The summed E-state index contributed by atoms with van der Waals surface area (Å²) in [4.78, 5) is 33.3. The van der Waals surface area contributed by atoms with Crippen molar-refractivity contribution in [2.24, 2.45) is 5.73 Å². The molecule has 0 fully saturated rings. The van der Waals surface area contributed by atoms with Crippen LogP contribution < -0.4 is 16.4 Å². The number of carboxylic acid groups (broad SMARTS) is 1. The zero-order valence-electron chi connectivity index (χ0n) is 10.9. The molecule has 0 aliphatic carbocycles. The molecular weight excluding hydrogens is 269 g/mol. The van der Waals surface area contributed by atoms with E-state index in [1.54, 1.807) is 0 Å². The second-order valence-electron chi connectivity index (χ2n) is 4.57. The Kier molecular flexibility index (Phi) is 4.28. The maximum atomic E-state index is 13.4. The summed E-state index contributed by atoms with van der Waals surface area (Å²) < 4.78 is 13.4. The predicted octanol–water partition coefficient (Wildman–Crippen LogP) is 0.909. The molecule has 0 bridgehead atoms. The molecule has 3 amide bonds. The highest BCUT2D eigenvalue weighted by atomic mass is 19.1. The van der Waals surface area contributed by atoms with E-state index < -0.39 is 34.8 Å². The summed E-state index contributed by atoms with van der Waals surface area (Å²) in [6.07, 6.45) is 0. The average Bonchev–Trinajstić information content (AvgIpc) is 2.26. The van der Waals surface area contributed by atoms with Crippen molar-refractivity contribution in [1.29, 1.82) is 0 Å². The van der Waals surface area contributed by atoms with Gasteiger partial charge in [-0.2, -0.15) is 0 Å². The van der Waals surface area contributed by atoms with Crippen molar-refractivity contribution in [3.8, 4) is 0 Å². The van der Waals surface area contributed by atoms with Crippen LogP contribution in [0.3, 0.4) is 0 Å². The van der Waals surface area contributed by atoms with E-state index in [0.717, 1.165) is 12.1 Å². The zero-order valence-corrected chi connectivity index (χ0v) is 10.9. The predicted molar refractivity (Wildman–Crippen MR) is 68.8 cm³/mol. The molecule has 0 aromatic heterocycles. The highest BCUT2D eigenvalue weighted by Crippen LogP contribution is 2.14. The Morgan fingerprint density at radius 3 is 2.35 bits per heavy atom. The first-order valence-corrected chi connectivity index (χ1v) is 5.55. The van der Waals surface area contributed by atoms with Crippen molar-refractivity contribution in [2.75, 3.05) is 5.32 Å². The van der Waals surface area contributed by atoms with Gasteiger partial charge in [-0.3, -0.25) is 4.79 Å². The Balaban J connectivity index is 2.80. The summed E-state index contributed by atoms with van der Waals surface area (Å²) in [5.74, 6) is -3.13. The van der Waals surface area contributed by atoms with E-state index in [0.29, 0.717) is 0 Å². The monoisotopic (exact) mass is 283 g/mol. The molecule has 0 heterocycles. The number of urea groups is 1. The maximum Gasteiger partial charge on any atom is 0.338 e. The summed E-state index contributed by atoms with van der Waals surface area (Å²) in [6, 6.07) is 2.34. The number of primary amides is 1. The number of benzene rings is 1. The lowest BCUT2D eigenvalue weighted by Crippen LogP contribution is -2.54. The first-order valence-electron chi connectivity index (χ1n) is 5.55. The molecule has 8 heteroatoms. The fourth-order valence-electron chi connectivity index (χ4n) is 1.27. The van der Waals surface area contributed by atoms with Crippen molar-refractivity contribution in [3.63, 3.8) is 0 Å². The normalized spacial score (nSPS) is 10.8. The van der Waals surface area contributed by atoms with Crippen LogP contribution in [0.2, 0.25) is 0 Å². The number of nitrogens with one attached hydrogen (secondary N) is 2. The van der Waals surface area contributed by atoms with Gasteiger partial charge in [-0.15, -0.1) is 0 Å². The lowest BCUT2D eigenvalue weighted by molar-refractivity contribution is -0.122. The smallest absolute Gasteiger partial charge is 0.338 e. The largest absolute Gasteiger partial charge is 0.478 e. The number of amides is 3. The standard InChI is InChI=1S/C12H14FN3O4/c1-12(2,10(14)19)16-11(20)15-6-3-4-7(9(17)18)8(13)5-6/h3-5H,1-2H3,(H2,14,19)(H,17,18)(H2,15,16,20). The Morgan fingerprint density at radius 2 is 1.90 bits per heavy atom. The topological polar surface area (TPSA) is 122 Å². The summed E-state index contributed by atoms with van der Waals surface area (Å²) in [5.41, 5.74) is 3.35. The Hall–Kier alpha value is -2.64. The number of carbonyl (C=O) groups is 3. The number of carboxylic acids is 1. The van der Waals surface area contributed by atoms with Gasteiger partial charge >= 0.3 is 12.0 Å². The molecule has 7 nitrogen and oxygen atoms in total. The molecule has 0 atom stereocenters. The van der Waals surface area contributed by atoms with E-state index in [2.05, 4.69) is 10.6 Å². The number of anilines is 1. The third kappa shape index (κ3) is 3.67. The molecule has 0 aliphatic heterocycles. The zero-order chi connectivity index (χ0) is 15.5. The fourth-order valence-corrected chi connectivity index (χ4v) is 1.27. The van der Waals surface area contributed by atoms with Gasteiger partial charge in [0.25, 0.3) is 0 Å². The molecule has 0 saturated carbocycles. The Morgan fingerprint density at radius 1 is 1.30 bits per heavy atom. The molecule has 1 aromatic rings. The van der Waals surface area contributed by atoms with Crippen LogP contribution in [0.1, 0.15) is 24.2 Å². The Bertz CT molecular complexity index is 572. The minimum absolute atomic E-state index is 0.0465. The summed E-state index contributed by atoms with van der Waals surface area (Å²) in [6.45, 7) is 2.81. The van der Waals surface area contributed by atoms with Crippen LogP contribution in [0.25, 0.3) is 0 Å². The van der Waals surface area contributed by atoms with E-state index in [4.69, 9.17) is 10.8 Å². The molecular formula is C12H14FN3O4. The minimum atomic E-state index is -1.41. The van der Waals surface area contributed by atoms with Crippen molar-refractivity contribution >= 4 is 23.6 Å². The third-order valence-corrected chi connectivity index (χ3v) is 2.50. The number of rotatable bonds is 4. The van der Waals surface area contributed by atoms with Crippen LogP contribution in [0, 0.1) is 5.82 Å². The van der Waals surface area contributed by atoms with Gasteiger partial charge in [-0.1, -0.05) is 0 Å². The molecule has 1 rings (SSSR count). The van der Waals surface area contributed by atoms with Crippen LogP contribution in [-0.4, -0.2) is 28.6 Å². The molecule has 20 heavy (non-hydrogen) atoms. The summed E-state index contributed by atoms with van der Waals surface area (Å²) in [5, 5.41) is 13.2. The van der Waals surface area contributed by atoms with Crippen LogP contribution >= 0.6 is 0 Å². The van der Waals surface area contributed by atoms with Crippen molar-refractivity contribution in [2.45, 2.75) is 19.4 Å². The summed E-state index contributed by atoms with van der Waals surface area (Å²) in [7, 11) is 0. The lowest BCUT2D eigenvalue weighted by atomic mass is 10.1. The van der Waals surface area contributed by atoms with Gasteiger partial charge < -0.3 is 21.5 Å². The number of halogens is 1. The number of hydrogen-bond donors (Lipinski definition) is 4. The van der Waals surface area contributed by atoms with E-state index >= 15 is 0 Å². The van der Waals surface area contributed by atoms with Gasteiger partial charge in [-0.05, 0) is 32.0 Å². The van der Waals surface area contributed by atoms with Crippen LogP contribution in [0.5, 0.6) is 0 Å². The maximum absolute atomic E-state index is 13.4. The average molecular weight is 283 g/mol. The Labute approximate surface area is 114 Å². The second-order valence-corrected chi connectivity index (χ2v) is 4.57. The van der Waals surface area contributed by atoms with E-state index in [1.165, 1.54) is 19.9 Å². The van der Waals surface area contributed by atoms with Gasteiger partial charge in [0.2, 0.25) is 5.91 Å². The molecule has 5 N–H and O–H groups in total. The van der Waals surface area contributed by atoms with Gasteiger partial charge in [0.15, 0.2) is 0 Å². The number of carbonyl (C=O) groups excluding carboxylic acids is 2. The summed E-state index contributed by atoms with van der Waals surface area (Å²) >= 11 is 0. The van der Waals surface area contributed by atoms with Crippen LogP contribution in [0.15, 0.2) is 18.2 Å². The van der Waals surface area contributed by atoms with Gasteiger partial charge in [-0.25, -0.2) is 14.0 Å². The van der Waals surface area contributed by atoms with Gasteiger partial charge in [0.05, 0.1) is 5.56 Å². The van der Waals surface area contributed by atoms with Crippen molar-refractivity contribution in [1.82, 2.24) is 5.32 Å². The molecule has 0 unspecified atom stereocenters. The number of hydrogen-bond acceptors (Lipinski definition) is 3. The fraction of sp³-hybridized carbons (Fsp3) is 0.250.